The van der Waals surface area contributed by atoms with Crippen molar-refractivity contribution < 1.29 is 4.79 Å². The summed E-state index contributed by atoms with van der Waals surface area (Å²) in [5.41, 5.74) is 0.928. The van der Waals surface area contributed by atoms with Gasteiger partial charge in [-0.05, 0) is 32.3 Å². The monoisotopic (exact) mass is 354 g/mol. The molecule has 0 bridgehead atoms. The van der Waals surface area contributed by atoms with Gasteiger partial charge in [0.05, 0.1) is 17.5 Å². The molecule has 1 aliphatic rings. The minimum atomic E-state index is -0.0865. The molecule has 7 nitrogen and oxygen atoms in total. The number of likely N-dealkylation sites (N-methyl/N-ethyl adjacent to an activating group) is 1. The summed E-state index contributed by atoms with van der Waals surface area (Å²) in [7, 11) is 2.04. The van der Waals surface area contributed by atoms with Gasteiger partial charge in [0.2, 0.25) is 5.91 Å². The van der Waals surface area contributed by atoms with Crippen molar-refractivity contribution in [3.05, 3.63) is 18.6 Å². The second-order valence-electron chi connectivity index (χ2n) is 7.37. The van der Waals surface area contributed by atoms with Crippen LogP contribution in [0.1, 0.15) is 39.7 Å². The fourth-order valence-corrected chi connectivity index (χ4v) is 3.77. The van der Waals surface area contributed by atoms with E-state index in [1.165, 1.54) is 0 Å². The molecule has 3 rings (SSSR count). The largest absolute Gasteiger partial charge is 0.354 e. The zero-order valence-corrected chi connectivity index (χ0v) is 15.9. The maximum Gasteiger partial charge on any atom is 0.236 e. The van der Waals surface area contributed by atoms with Crippen LogP contribution in [-0.2, 0) is 4.79 Å². The molecule has 1 saturated heterocycles. The summed E-state index contributed by atoms with van der Waals surface area (Å²) < 4.78 is 2.14. The van der Waals surface area contributed by atoms with Crippen LogP contribution in [-0.4, -0.2) is 51.5 Å². The molecule has 0 unspecified atom stereocenters. The van der Waals surface area contributed by atoms with Crippen LogP contribution in [0.25, 0.3) is 11.0 Å². The Balaban J connectivity index is 1.90. The Hall–Kier alpha value is -2.62. The predicted molar refractivity (Wildman–Crippen MR) is 101 cm³/mol. The summed E-state index contributed by atoms with van der Waals surface area (Å²) in [4.78, 5) is 25.1. The van der Waals surface area contributed by atoms with Crippen molar-refractivity contribution >= 4 is 22.8 Å². The molecule has 0 radical (unpaired) electrons. The third-order valence-electron chi connectivity index (χ3n) is 5.38. The number of anilines is 1. The van der Waals surface area contributed by atoms with Crippen LogP contribution in [0.4, 0.5) is 5.82 Å². The van der Waals surface area contributed by atoms with E-state index in [0.29, 0.717) is 18.5 Å². The van der Waals surface area contributed by atoms with Crippen molar-refractivity contribution in [1.29, 1.82) is 5.26 Å². The highest BCUT2D eigenvalue weighted by Gasteiger charge is 2.32. The SMILES string of the molecule is CC(C)n1ccc2c(N(C)[C@H]3CN(C(=O)CC#N)CC[C@H]3C)ncnc21. The van der Waals surface area contributed by atoms with E-state index in [1.807, 2.05) is 18.0 Å². The fraction of sp³-hybridized carbons (Fsp3) is 0.579. The Morgan fingerprint density at radius 2 is 2.23 bits per heavy atom. The van der Waals surface area contributed by atoms with E-state index in [2.05, 4.69) is 52.5 Å². The van der Waals surface area contributed by atoms with Gasteiger partial charge in [-0.15, -0.1) is 0 Å². The topological polar surface area (TPSA) is 78.0 Å². The van der Waals surface area contributed by atoms with Gasteiger partial charge in [-0.3, -0.25) is 4.79 Å². The van der Waals surface area contributed by atoms with Gasteiger partial charge in [0.25, 0.3) is 0 Å². The van der Waals surface area contributed by atoms with Crippen LogP contribution < -0.4 is 4.90 Å². The van der Waals surface area contributed by atoms with Gasteiger partial charge in [-0.1, -0.05) is 6.92 Å². The lowest BCUT2D eigenvalue weighted by Gasteiger charge is -2.42. The molecule has 0 saturated carbocycles. The van der Waals surface area contributed by atoms with Crippen LogP contribution in [0.15, 0.2) is 18.6 Å². The number of rotatable bonds is 4. The molecular weight excluding hydrogens is 328 g/mol. The lowest BCUT2D eigenvalue weighted by Crippen LogP contribution is -2.52. The number of aromatic nitrogens is 3. The third kappa shape index (κ3) is 3.24. The number of hydrogen-bond donors (Lipinski definition) is 0. The van der Waals surface area contributed by atoms with E-state index in [9.17, 15) is 4.79 Å². The first-order valence-electron chi connectivity index (χ1n) is 9.13. The Labute approximate surface area is 154 Å². The van der Waals surface area contributed by atoms with Crippen molar-refractivity contribution in [2.24, 2.45) is 5.92 Å². The van der Waals surface area contributed by atoms with Gasteiger partial charge >= 0.3 is 0 Å². The normalized spacial score (nSPS) is 20.4. The summed E-state index contributed by atoms with van der Waals surface area (Å²) in [6.07, 6.45) is 4.53. The van der Waals surface area contributed by atoms with Gasteiger partial charge in [0.1, 0.15) is 24.2 Å². The van der Waals surface area contributed by atoms with Crippen LogP contribution in [0.3, 0.4) is 0 Å². The van der Waals surface area contributed by atoms with Crippen molar-refractivity contribution in [2.45, 2.75) is 45.7 Å². The molecule has 2 atom stereocenters. The summed E-state index contributed by atoms with van der Waals surface area (Å²) in [6, 6.07) is 4.51. The van der Waals surface area contributed by atoms with Gasteiger partial charge in [0, 0.05) is 32.4 Å². The molecule has 2 aromatic heterocycles. The van der Waals surface area contributed by atoms with Crippen molar-refractivity contribution in [2.75, 3.05) is 25.0 Å². The Bertz CT molecular complexity index is 836. The molecule has 3 heterocycles. The number of nitrogens with zero attached hydrogens (tertiary/aromatic N) is 6. The minimum Gasteiger partial charge on any atom is -0.354 e. The number of carbonyl (C=O) groups is 1. The molecule has 0 aliphatic carbocycles. The third-order valence-corrected chi connectivity index (χ3v) is 5.38. The van der Waals surface area contributed by atoms with Gasteiger partial charge < -0.3 is 14.4 Å². The second kappa shape index (κ2) is 7.32. The molecule has 26 heavy (non-hydrogen) atoms. The van der Waals surface area contributed by atoms with E-state index in [4.69, 9.17) is 5.26 Å². The summed E-state index contributed by atoms with van der Waals surface area (Å²) in [5, 5.41) is 9.84. The smallest absolute Gasteiger partial charge is 0.236 e. The van der Waals surface area contributed by atoms with E-state index >= 15 is 0 Å². The van der Waals surface area contributed by atoms with Crippen molar-refractivity contribution in [1.82, 2.24) is 19.4 Å². The highest BCUT2D eigenvalue weighted by molar-refractivity contribution is 5.88. The van der Waals surface area contributed by atoms with E-state index in [-0.39, 0.29) is 18.4 Å². The molecule has 2 aromatic rings. The Morgan fingerprint density at radius 1 is 1.46 bits per heavy atom. The number of carbonyl (C=O) groups excluding carboxylic acids is 1. The first kappa shape index (κ1) is 18.2. The molecule has 1 fully saturated rings. The zero-order valence-electron chi connectivity index (χ0n) is 15.9. The number of piperidine rings is 1. The minimum absolute atomic E-state index is 0.0557. The Kier molecular flexibility index (Phi) is 5.12. The maximum atomic E-state index is 12.2. The first-order chi connectivity index (χ1) is 12.4. The highest BCUT2D eigenvalue weighted by atomic mass is 16.2. The van der Waals surface area contributed by atoms with E-state index in [0.717, 1.165) is 29.8 Å². The number of amides is 1. The molecule has 1 amide bonds. The molecular formula is C19H26N6O. The average Bonchev–Trinajstić information content (AvgIpc) is 3.06. The number of fused-ring (bicyclic) bond motifs is 1. The van der Waals surface area contributed by atoms with Crippen molar-refractivity contribution in [3.63, 3.8) is 0 Å². The highest BCUT2D eigenvalue weighted by Crippen LogP contribution is 2.30. The molecule has 138 valence electrons. The molecule has 1 aliphatic heterocycles. The van der Waals surface area contributed by atoms with Crippen LogP contribution in [0.5, 0.6) is 0 Å². The number of likely N-dealkylation sites (tertiary alicyclic amines) is 1. The molecule has 0 aromatic carbocycles. The average molecular weight is 354 g/mol. The zero-order chi connectivity index (χ0) is 18.8. The summed E-state index contributed by atoms with van der Waals surface area (Å²) >= 11 is 0. The van der Waals surface area contributed by atoms with E-state index < -0.39 is 0 Å². The quantitative estimate of drug-likeness (QED) is 0.843. The lowest BCUT2D eigenvalue weighted by molar-refractivity contribution is -0.131. The van der Waals surface area contributed by atoms with Crippen LogP contribution >= 0.6 is 0 Å². The molecule has 7 heteroatoms. The Morgan fingerprint density at radius 3 is 2.92 bits per heavy atom. The second-order valence-corrected chi connectivity index (χ2v) is 7.37. The van der Waals surface area contributed by atoms with Gasteiger partial charge in [0.15, 0.2) is 0 Å². The summed E-state index contributed by atoms with van der Waals surface area (Å²) in [5.74, 6) is 1.24. The summed E-state index contributed by atoms with van der Waals surface area (Å²) in [6.45, 7) is 7.81. The maximum absolute atomic E-state index is 12.2. The first-order valence-corrected chi connectivity index (χ1v) is 9.13. The number of hydrogen-bond acceptors (Lipinski definition) is 5. The van der Waals surface area contributed by atoms with Crippen molar-refractivity contribution in [3.8, 4) is 6.07 Å². The molecule has 0 spiro atoms. The van der Waals surface area contributed by atoms with Crippen LogP contribution in [0.2, 0.25) is 0 Å². The predicted octanol–water partition coefficient (Wildman–Crippen LogP) is 2.60. The fourth-order valence-electron chi connectivity index (χ4n) is 3.77. The molecule has 0 N–H and O–H groups in total. The van der Waals surface area contributed by atoms with Gasteiger partial charge in [-0.25, -0.2) is 9.97 Å². The van der Waals surface area contributed by atoms with E-state index in [1.54, 1.807) is 6.33 Å². The van der Waals surface area contributed by atoms with Crippen LogP contribution in [0, 0.1) is 17.2 Å². The lowest BCUT2D eigenvalue weighted by atomic mass is 9.92. The van der Waals surface area contributed by atoms with Gasteiger partial charge in [-0.2, -0.15) is 5.26 Å². The number of nitriles is 1. The standard InChI is InChI=1S/C19H26N6O/c1-13(2)25-10-7-15-18(21-12-22-19(15)25)23(4)16-11-24(9-6-14(16)3)17(26)5-8-20/h7,10,12-14,16H,5-6,9,11H2,1-4H3/t14-,16+/m1/s1.